The largest absolute Gasteiger partial charge is 0.363 e. The summed E-state index contributed by atoms with van der Waals surface area (Å²) in [6.07, 6.45) is 1.21. The summed E-state index contributed by atoms with van der Waals surface area (Å²) in [4.78, 5) is 13.7. The molecule has 18 heavy (non-hydrogen) atoms. The lowest BCUT2D eigenvalue weighted by atomic mass is 10.0. The lowest BCUT2D eigenvalue weighted by Gasteiger charge is -2.20. The Morgan fingerprint density at radius 1 is 1.33 bits per heavy atom. The van der Waals surface area contributed by atoms with Crippen LogP contribution in [0.3, 0.4) is 0 Å². The molecule has 0 bridgehead atoms. The number of aromatic nitrogens is 2. The van der Waals surface area contributed by atoms with Crippen LogP contribution in [0, 0.1) is 6.92 Å². The van der Waals surface area contributed by atoms with Crippen molar-refractivity contribution in [3.8, 4) is 0 Å². The Morgan fingerprint density at radius 2 is 2.06 bits per heavy atom. The van der Waals surface area contributed by atoms with Crippen molar-refractivity contribution >= 4 is 5.82 Å². The molecule has 1 aliphatic rings. The number of rotatable bonds is 3. The van der Waals surface area contributed by atoms with Gasteiger partial charge in [-0.1, -0.05) is 0 Å². The molecule has 1 aromatic rings. The van der Waals surface area contributed by atoms with Crippen LogP contribution in [0.4, 0.5) is 5.82 Å². The molecule has 0 radical (unpaired) electrons. The van der Waals surface area contributed by atoms with E-state index in [0.717, 1.165) is 18.2 Å². The van der Waals surface area contributed by atoms with Gasteiger partial charge in [0.15, 0.2) is 0 Å². The second kappa shape index (κ2) is 5.22. The summed E-state index contributed by atoms with van der Waals surface area (Å²) in [6, 6.07) is 2.77. The van der Waals surface area contributed by atoms with E-state index in [1.54, 1.807) is 0 Å². The molecule has 0 aromatic carbocycles. The van der Waals surface area contributed by atoms with Crippen molar-refractivity contribution < 1.29 is 0 Å². The predicted molar refractivity (Wildman–Crippen MR) is 75.2 cm³/mol. The number of likely N-dealkylation sites (tertiary alicyclic amines) is 1. The molecule has 0 amide bonds. The summed E-state index contributed by atoms with van der Waals surface area (Å²) < 4.78 is 0. The van der Waals surface area contributed by atoms with Gasteiger partial charge in [0.1, 0.15) is 11.6 Å². The average molecular weight is 248 g/mol. The van der Waals surface area contributed by atoms with Crippen molar-refractivity contribution in [3.05, 3.63) is 17.6 Å². The van der Waals surface area contributed by atoms with Gasteiger partial charge in [-0.15, -0.1) is 0 Å². The Balaban J connectivity index is 2.19. The first-order chi connectivity index (χ1) is 8.47. The molecule has 0 aliphatic carbocycles. The lowest BCUT2D eigenvalue weighted by molar-refractivity contribution is 0.272. The number of hydrogen-bond donors (Lipinski definition) is 0. The van der Waals surface area contributed by atoms with E-state index in [4.69, 9.17) is 0 Å². The van der Waals surface area contributed by atoms with Crippen molar-refractivity contribution in [1.29, 1.82) is 0 Å². The van der Waals surface area contributed by atoms with Crippen molar-refractivity contribution in [2.75, 3.05) is 32.1 Å². The van der Waals surface area contributed by atoms with E-state index in [2.05, 4.69) is 34.8 Å². The van der Waals surface area contributed by atoms with Crippen LogP contribution in [0.25, 0.3) is 0 Å². The zero-order valence-electron chi connectivity index (χ0n) is 12.1. The maximum absolute atomic E-state index is 4.63. The van der Waals surface area contributed by atoms with E-state index in [1.807, 2.05) is 25.9 Å². The number of nitrogens with zero attached hydrogens (tertiary/aromatic N) is 4. The first-order valence-electron chi connectivity index (χ1n) is 6.74. The topological polar surface area (TPSA) is 32.3 Å². The van der Waals surface area contributed by atoms with Crippen LogP contribution in [0.1, 0.15) is 37.7 Å². The quantitative estimate of drug-likeness (QED) is 0.819. The highest BCUT2D eigenvalue weighted by Crippen LogP contribution is 2.28. The molecular formula is C14H24N4. The molecule has 2 rings (SSSR count). The van der Waals surface area contributed by atoms with Crippen molar-refractivity contribution in [2.24, 2.45) is 0 Å². The molecule has 1 fully saturated rings. The number of anilines is 1. The van der Waals surface area contributed by atoms with Crippen LogP contribution >= 0.6 is 0 Å². The molecule has 1 aliphatic heterocycles. The Hall–Kier alpha value is -1.16. The van der Waals surface area contributed by atoms with Crippen molar-refractivity contribution in [1.82, 2.24) is 14.9 Å². The highest BCUT2D eigenvalue weighted by molar-refractivity contribution is 5.39. The van der Waals surface area contributed by atoms with E-state index in [1.165, 1.54) is 18.7 Å². The lowest BCUT2D eigenvalue weighted by Crippen LogP contribution is -2.28. The van der Waals surface area contributed by atoms with Gasteiger partial charge in [0.05, 0.1) is 5.69 Å². The first kappa shape index (κ1) is 13.3. The van der Waals surface area contributed by atoms with E-state index in [9.17, 15) is 0 Å². The molecule has 1 saturated heterocycles. The molecule has 1 aromatic heterocycles. The van der Waals surface area contributed by atoms with Crippen LogP contribution in [0.15, 0.2) is 6.07 Å². The highest BCUT2D eigenvalue weighted by atomic mass is 15.2. The summed E-state index contributed by atoms with van der Waals surface area (Å²) in [6.45, 7) is 8.81. The van der Waals surface area contributed by atoms with Gasteiger partial charge in [0, 0.05) is 38.7 Å². The summed E-state index contributed by atoms with van der Waals surface area (Å²) >= 11 is 0. The Labute approximate surface area is 110 Å². The van der Waals surface area contributed by atoms with Gasteiger partial charge in [-0.2, -0.15) is 0 Å². The fourth-order valence-electron chi connectivity index (χ4n) is 2.51. The molecule has 2 heterocycles. The number of hydrogen-bond acceptors (Lipinski definition) is 4. The summed E-state index contributed by atoms with van der Waals surface area (Å²) in [5.74, 6) is 2.45. The van der Waals surface area contributed by atoms with E-state index < -0.39 is 0 Å². The number of aryl methyl sites for hydroxylation is 1. The summed E-state index contributed by atoms with van der Waals surface area (Å²) in [5.41, 5.74) is 1.20. The highest BCUT2D eigenvalue weighted by Gasteiger charge is 2.26. The minimum Gasteiger partial charge on any atom is -0.363 e. The fraction of sp³-hybridized carbons (Fsp3) is 0.714. The van der Waals surface area contributed by atoms with Gasteiger partial charge in [-0.05, 0) is 33.7 Å². The molecule has 100 valence electrons. The predicted octanol–water partition coefficient (Wildman–Crippen LogP) is 2.05. The Morgan fingerprint density at radius 3 is 2.61 bits per heavy atom. The zero-order chi connectivity index (χ0) is 13.3. The van der Waals surface area contributed by atoms with Crippen LogP contribution < -0.4 is 4.90 Å². The standard InChI is InChI=1S/C14H24N4/c1-10(2)18-7-6-12(9-18)13-8-14(17(4)5)16-11(3)15-13/h8,10,12H,6-7,9H2,1-5H3. The minimum absolute atomic E-state index is 0.563. The smallest absolute Gasteiger partial charge is 0.132 e. The maximum Gasteiger partial charge on any atom is 0.132 e. The first-order valence-corrected chi connectivity index (χ1v) is 6.74. The second-order valence-corrected chi connectivity index (χ2v) is 5.67. The maximum atomic E-state index is 4.63. The van der Waals surface area contributed by atoms with Gasteiger partial charge >= 0.3 is 0 Å². The molecular weight excluding hydrogens is 224 g/mol. The van der Waals surface area contributed by atoms with Gasteiger partial charge in [-0.3, -0.25) is 0 Å². The monoisotopic (exact) mass is 248 g/mol. The zero-order valence-corrected chi connectivity index (χ0v) is 12.1. The normalized spacial score (nSPS) is 20.7. The molecule has 1 unspecified atom stereocenters. The van der Waals surface area contributed by atoms with Crippen molar-refractivity contribution in [3.63, 3.8) is 0 Å². The molecule has 1 atom stereocenters. The Kier molecular flexibility index (Phi) is 3.85. The van der Waals surface area contributed by atoms with E-state index in [-0.39, 0.29) is 0 Å². The van der Waals surface area contributed by atoms with E-state index >= 15 is 0 Å². The molecule has 4 nitrogen and oxygen atoms in total. The van der Waals surface area contributed by atoms with Gasteiger partial charge in [-0.25, -0.2) is 9.97 Å². The van der Waals surface area contributed by atoms with Crippen LogP contribution in [-0.4, -0.2) is 48.1 Å². The summed E-state index contributed by atoms with van der Waals surface area (Å²) in [5, 5.41) is 0. The average Bonchev–Trinajstić information content (AvgIpc) is 2.77. The molecule has 0 saturated carbocycles. The van der Waals surface area contributed by atoms with E-state index in [0.29, 0.717) is 12.0 Å². The van der Waals surface area contributed by atoms with Gasteiger partial charge in [0.2, 0.25) is 0 Å². The molecule has 4 heteroatoms. The Bertz CT molecular complexity index is 414. The van der Waals surface area contributed by atoms with Gasteiger partial charge < -0.3 is 9.80 Å². The van der Waals surface area contributed by atoms with Crippen LogP contribution in [0.2, 0.25) is 0 Å². The van der Waals surface area contributed by atoms with Crippen LogP contribution in [0.5, 0.6) is 0 Å². The molecule has 0 spiro atoms. The minimum atomic E-state index is 0.563. The summed E-state index contributed by atoms with van der Waals surface area (Å²) in [7, 11) is 4.06. The third-order valence-corrected chi connectivity index (χ3v) is 3.67. The third kappa shape index (κ3) is 2.80. The third-order valence-electron chi connectivity index (χ3n) is 3.67. The van der Waals surface area contributed by atoms with Crippen LogP contribution in [-0.2, 0) is 0 Å². The second-order valence-electron chi connectivity index (χ2n) is 5.67. The fourth-order valence-corrected chi connectivity index (χ4v) is 2.51. The SMILES string of the molecule is Cc1nc(C2CCN(C(C)C)C2)cc(N(C)C)n1. The van der Waals surface area contributed by atoms with Crippen molar-refractivity contribution in [2.45, 2.75) is 39.2 Å². The van der Waals surface area contributed by atoms with Gasteiger partial charge in [0.25, 0.3) is 0 Å². The molecule has 0 N–H and O–H groups in total.